The van der Waals surface area contributed by atoms with E-state index in [4.69, 9.17) is 0 Å². The summed E-state index contributed by atoms with van der Waals surface area (Å²) in [5.74, 6) is 1.48. The lowest BCUT2D eigenvalue weighted by Crippen LogP contribution is -2.35. The summed E-state index contributed by atoms with van der Waals surface area (Å²) in [6.45, 7) is 7.18. The van der Waals surface area contributed by atoms with Gasteiger partial charge in [0.1, 0.15) is 11.6 Å². The molecule has 0 atom stereocenters. The molecule has 0 aliphatic rings. The zero-order chi connectivity index (χ0) is 14.6. The SMILES string of the molecule is CC(C)(C)NCc1cnc(CSc2ccc(F)cc2)[nH]1. The van der Waals surface area contributed by atoms with Crippen LogP contribution >= 0.6 is 11.8 Å². The molecule has 0 radical (unpaired) electrons. The predicted molar refractivity (Wildman–Crippen MR) is 81.1 cm³/mol. The van der Waals surface area contributed by atoms with Crippen LogP contribution in [0.5, 0.6) is 0 Å². The van der Waals surface area contributed by atoms with Crippen LogP contribution in [0.25, 0.3) is 0 Å². The number of nitrogens with one attached hydrogen (secondary N) is 2. The van der Waals surface area contributed by atoms with Crippen molar-refractivity contribution in [2.45, 2.75) is 43.5 Å². The number of rotatable bonds is 5. The Labute approximate surface area is 123 Å². The van der Waals surface area contributed by atoms with Crippen molar-refractivity contribution < 1.29 is 4.39 Å². The number of imidazole rings is 1. The van der Waals surface area contributed by atoms with Crippen molar-refractivity contribution in [1.29, 1.82) is 0 Å². The number of H-pyrrole nitrogens is 1. The second-order valence-corrected chi connectivity index (χ2v) is 6.75. The minimum atomic E-state index is -0.206. The van der Waals surface area contributed by atoms with Gasteiger partial charge in [-0.15, -0.1) is 11.8 Å². The second-order valence-electron chi connectivity index (χ2n) is 5.70. The maximum absolute atomic E-state index is 12.8. The average Bonchev–Trinajstić information content (AvgIpc) is 2.83. The number of benzene rings is 1. The van der Waals surface area contributed by atoms with Gasteiger partial charge in [0.15, 0.2) is 0 Å². The van der Waals surface area contributed by atoms with Crippen LogP contribution in [0.3, 0.4) is 0 Å². The molecule has 2 aromatic rings. The molecule has 1 aromatic heterocycles. The summed E-state index contributed by atoms with van der Waals surface area (Å²) in [5.41, 5.74) is 1.17. The van der Waals surface area contributed by atoms with Gasteiger partial charge in [0.05, 0.1) is 5.75 Å². The number of halogens is 1. The van der Waals surface area contributed by atoms with Crippen molar-refractivity contribution >= 4 is 11.8 Å². The molecule has 3 nitrogen and oxygen atoms in total. The Balaban J connectivity index is 1.85. The van der Waals surface area contributed by atoms with E-state index in [9.17, 15) is 4.39 Å². The van der Waals surface area contributed by atoms with Crippen LogP contribution < -0.4 is 5.32 Å². The van der Waals surface area contributed by atoms with Gasteiger partial charge in [0, 0.05) is 28.9 Å². The molecule has 1 aromatic carbocycles. The quantitative estimate of drug-likeness (QED) is 0.825. The Hall–Kier alpha value is -1.33. The van der Waals surface area contributed by atoms with E-state index in [0.29, 0.717) is 0 Å². The van der Waals surface area contributed by atoms with Crippen molar-refractivity contribution in [2.24, 2.45) is 0 Å². The normalized spacial score (nSPS) is 11.8. The van der Waals surface area contributed by atoms with Gasteiger partial charge in [0.25, 0.3) is 0 Å². The Bertz CT molecular complexity index is 543. The lowest BCUT2D eigenvalue weighted by molar-refractivity contribution is 0.421. The maximum Gasteiger partial charge on any atom is 0.123 e. The molecular weight excluding hydrogens is 273 g/mol. The highest BCUT2D eigenvalue weighted by Gasteiger charge is 2.09. The molecule has 0 saturated carbocycles. The van der Waals surface area contributed by atoms with Crippen LogP contribution in [-0.4, -0.2) is 15.5 Å². The first-order chi connectivity index (χ1) is 9.42. The standard InChI is InChI=1S/C15H20FN3S/c1-15(2,3)18-9-12-8-17-14(19-12)10-20-13-6-4-11(16)5-7-13/h4-8,18H,9-10H2,1-3H3,(H,17,19). The number of hydrogen-bond acceptors (Lipinski definition) is 3. The van der Waals surface area contributed by atoms with Crippen LogP contribution in [0, 0.1) is 5.82 Å². The molecule has 108 valence electrons. The van der Waals surface area contributed by atoms with E-state index >= 15 is 0 Å². The predicted octanol–water partition coefficient (Wildman–Crippen LogP) is 3.73. The van der Waals surface area contributed by atoms with E-state index in [0.717, 1.165) is 28.7 Å². The van der Waals surface area contributed by atoms with Gasteiger partial charge in [-0.1, -0.05) is 0 Å². The molecule has 2 rings (SSSR count). The summed E-state index contributed by atoms with van der Waals surface area (Å²) in [6, 6.07) is 6.52. The first-order valence-corrected chi connectivity index (χ1v) is 7.57. The van der Waals surface area contributed by atoms with Crippen molar-refractivity contribution in [1.82, 2.24) is 15.3 Å². The van der Waals surface area contributed by atoms with Crippen molar-refractivity contribution in [3.8, 4) is 0 Å². The van der Waals surface area contributed by atoms with Crippen LogP contribution in [0.4, 0.5) is 4.39 Å². The number of thioether (sulfide) groups is 1. The Morgan fingerprint density at radius 2 is 1.95 bits per heavy atom. The molecule has 5 heteroatoms. The maximum atomic E-state index is 12.8. The van der Waals surface area contributed by atoms with Gasteiger partial charge in [-0.05, 0) is 45.0 Å². The Morgan fingerprint density at radius 1 is 1.25 bits per heavy atom. The van der Waals surface area contributed by atoms with Gasteiger partial charge in [-0.2, -0.15) is 0 Å². The summed E-state index contributed by atoms with van der Waals surface area (Å²) in [5, 5.41) is 3.41. The lowest BCUT2D eigenvalue weighted by atomic mass is 10.1. The number of hydrogen-bond donors (Lipinski definition) is 2. The molecule has 0 unspecified atom stereocenters. The monoisotopic (exact) mass is 293 g/mol. The fourth-order valence-electron chi connectivity index (χ4n) is 1.61. The molecule has 20 heavy (non-hydrogen) atoms. The number of aromatic amines is 1. The molecule has 0 aliphatic heterocycles. The molecule has 0 saturated heterocycles. The third-order valence-corrected chi connectivity index (χ3v) is 3.70. The van der Waals surface area contributed by atoms with E-state index in [-0.39, 0.29) is 11.4 Å². The van der Waals surface area contributed by atoms with E-state index in [1.165, 1.54) is 12.1 Å². The van der Waals surface area contributed by atoms with E-state index < -0.39 is 0 Å². The molecule has 0 bridgehead atoms. The third kappa shape index (κ3) is 4.98. The first-order valence-electron chi connectivity index (χ1n) is 6.58. The summed E-state index contributed by atoms with van der Waals surface area (Å²) in [6.07, 6.45) is 1.86. The summed E-state index contributed by atoms with van der Waals surface area (Å²) >= 11 is 1.64. The average molecular weight is 293 g/mol. The van der Waals surface area contributed by atoms with Crippen LogP contribution in [0.1, 0.15) is 32.3 Å². The number of nitrogens with zero attached hydrogens (tertiary/aromatic N) is 1. The van der Waals surface area contributed by atoms with Crippen molar-refractivity contribution in [2.75, 3.05) is 0 Å². The minimum absolute atomic E-state index is 0.0914. The van der Waals surface area contributed by atoms with Crippen molar-refractivity contribution in [3.63, 3.8) is 0 Å². The zero-order valence-corrected chi connectivity index (χ0v) is 12.9. The van der Waals surface area contributed by atoms with Crippen LogP contribution in [0.15, 0.2) is 35.4 Å². The van der Waals surface area contributed by atoms with Crippen LogP contribution in [0.2, 0.25) is 0 Å². The van der Waals surface area contributed by atoms with Crippen molar-refractivity contribution in [3.05, 3.63) is 47.8 Å². The topological polar surface area (TPSA) is 40.7 Å². The highest BCUT2D eigenvalue weighted by atomic mass is 32.2. The first kappa shape index (κ1) is 15.1. The lowest BCUT2D eigenvalue weighted by Gasteiger charge is -2.19. The summed E-state index contributed by atoms with van der Waals surface area (Å²) in [7, 11) is 0. The molecule has 0 spiro atoms. The van der Waals surface area contributed by atoms with E-state index in [1.807, 2.05) is 6.20 Å². The van der Waals surface area contributed by atoms with Gasteiger partial charge in [-0.3, -0.25) is 0 Å². The third-order valence-electron chi connectivity index (χ3n) is 2.68. The molecule has 2 N–H and O–H groups in total. The smallest absolute Gasteiger partial charge is 0.123 e. The van der Waals surface area contributed by atoms with Gasteiger partial charge in [0.2, 0.25) is 0 Å². The molecule has 0 amide bonds. The fourth-order valence-corrected chi connectivity index (χ4v) is 2.39. The second kappa shape index (κ2) is 6.41. The minimum Gasteiger partial charge on any atom is -0.344 e. The van der Waals surface area contributed by atoms with Gasteiger partial charge < -0.3 is 10.3 Å². The van der Waals surface area contributed by atoms with Gasteiger partial charge >= 0.3 is 0 Å². The summed E-state index contributed by atoms with van der Waals surface area (Å²) < 4.78 is 12.8. The molecule has 0 fully saturated rings. The molecule has 0 aliphatic carbocycles. The van der Waals surface area contributed by atoms with Crippen LogP contribution in [-0.2, 0) is 12.3 Å². The largest absolute Gasteiger partial charge is 0.344 e. The summed E-state index contributed by atoms with van der Waals surface area (Å²) in [4.78, 5) is 8.70. The number of aromatic nitrogens is 2. The molecule has 1 heterocycles. The molecular formula is C15H20FN3S. The van der Waals surface area contributed by atoms with E-state index in [1.54, 1.807) is 23.9 Å². The van der Waals surface area contributed by atoms with E-state index in [2.05, 4.69) is 36.1 Å². The Morgan fingerprint density at radius 3 is 2.60 bits per heavy atom. The Kier molecular flexibility index (Phi) is 4.83. The van der Waals surface area contributed by atoms with Gasteiger partial charge in [-0.25, -0.2) is 9.37 Å². The highest BCUT2D eigenvalue weighted by Crippen LogP contribution is 2.21. The zero-order valence-electron chi connectivity index (χ0n) is 12.0. The fraction of sp³-hybridized carbons (Fsp3) is 0.400. The highest BCUT2D eigenvalue weighted by molar-refractivity contribution is 7.98.